The predicted molar refractivity (Wildman–Crippen MR) is 133 cm³/mol. The second-order valence-corrected chi connectivity index (χ2v) is 7.87. The van der Waals surface area contributed by atoms with Gasteiger partial charge in [-0.15, -0.1) is 0 Å². The molecule has 0 unspecified atom stereocenters. The van der Waals surface area contributed by atoms with Crippen LogP contribution < -0.4 is 14.8 Å². The average molecular weight is 472 g/mol. The van der Waals surface area contributed by atoms with Crippen molar-refractivity contribution in [1.29, 1.82) is 0 Å². The number of hydrogen-bond donors (Lipinski definition) is 1. The average Bonchev–Trinajstić information content (AvgIpc) is 3.51. The van der Waals surface area contributed by atoms with Gasteiger partial charge < -0.3 is 14.8 Å². The first kappa shape index (κ1) is 21.5. The number of aryl methyl sites for hydroxylation is 1. The molecule has 0 atom stereocenters. The maximum absolute atomic E-state index is 5.67. The zero-order chi connectivity index (χ0) is 23.7. The fourth-order valence-corrected chi connectivity index (χ4v) is 3.84. The Balaban J connectivity index is 1.55. The van der Waals surface area contributed by atoms with Crippen molar-refractivity contribution in [1.82, 2.24) is 29.4 Å². The van der Waals surface area contributed by atoms with Gasteiger partial charge in [-0.1, -0.05) is 6.07 Å². The van der Waals surface area contributed by atoms with Gasteiger partial charge >= 0.3 is 0 Å². The van der Waals surface area contributed by atoms with Crippen LogP contribution in [0, 0.1) is 6.92 Å². The Kier molecular flexibility index (Phi) is 5.64. The van der Waals surface area contributed by atoms with Crippen LogP contribution in [-0.4, -0.2) is 48.7 Å². The number of nitrogens with zero attached hydrogens (tertiary/aromatic N) is 6. The number of aromatic nitrogens is 6. The maximum Gasteiger partial charge on any atom is 0.198 e. The van der Waals surface area contributed by atoms with E-state index in [1.807, 2.05) is 67.8 Å². The van der Waals surface area contributed by atoms with Crippen LogP contribution in [0.15, 0.2) is 67.3 Å². The van der Waals surface area contributed by atoms with E-state index in [0.717, 1.165) is 33.8 Å². The molecule has 34 heavy (non-hydrogen) atoms. The molecule has 0 aliphatic heterocycles. The van der Waals surface area contributed by atoms with Crippen molar-refractivity contribution in [3.63, 3.8) is 0 Å². The number of fused-ring (bicyclic) bond motifs is 1. The molecule has 9 nitrogen and oxygen atoms in total. The van der Waals surface area contributed by atoms with E-state index in [2.05, 4.69) is 20.4 Å². The number of ether oxygens (including phenoxy) is 2. The number of thiocarbonyl (C=S) groups is 1. The Morgan fingerprint density at radius 3 is 2.65 bits per heavy atom. The summed E-state index contributed by atoms with van der Waals surface area (Å²) in [6.45, 7) is 1.95. The summed E-state index contributed by atoms with van der Waals surface area (Å²) in [6, 6.07) is 15.2. The van der Waals surface area contributed by atoms with Gasteiger partial charge in [0.1, 0.15) is 12.0 Å². The van der Waals surface area contributed by atoms with E-state index in [1.54, 1.807) is 23.4 Å². The molecule has 1 N–H and O–H groups in total. The molecule has 1 aromatic carbocycles. The quantitative estimate of drug-likeness (QED) is 0.381. The summed E-state index contributed by atoms with van der Waals surface area (Å²) < 4.78 is 14.1. The summed E-state index contributed by atoms with van der Waals surface area (Å²) >= 11 is 5.67. The van der Waals surface area contributed by atoms with Gasteiger partial charge in [-0.25, -0.2) is 14.2 Å². The predicted octanol–water partition coefficient (Wildman–Crippen LogP) is 4.23. The minimum Gasteiger partial charge on any atom is -0.493 e. The summed E-state index contributed by atoms with van der Waals surface area (Å²) in [6.07, 6.45) is 5.31. The molecule has 4 heterocycles. The van der Waals surface area contributed by atoms with Crippen LogP contribution in [0.25, 0.3) is 28.2 Å². The molecule has 5 rings (SSSR count). The summed E-state index contributed by atoms with van der Waals surface area (Å²) in [5, 5.41) is 12.6. The number of anilines is 1. The lowest BCUT2D eigenvalue weighted by molar-refractivity contribution is 0.355. The number of benzene rings is 1. The Labute approximate surface area is 201 Å². The molecule has 0 radical (unpaired) electrons. The van der Waals surface area contributed by atoms with Crippen LogP contribution in [0.3, 0.4) is 0 Å². The first-order valence-electron chi connectivity index (χ1n) is 10.4. The van der Waals surface area contributed by atoms with Crippen LogP contribution in [0.2, 0.25) is 0 Å². The molecule has 10 heteroatoms. The van der Waals surface area contributed by atoms with Crippen LogP contribution in [0.1, 0.15) is 5.69 Å². The Morgan fingerprint density at radius 2 is 1.85 bits per heavy atom. The Morgan fingerprint density at radius 1 is 1.00 bits per heavy atom. The molecule has 0 amide bonds. The molecule has 4 aromatic heterocycles. The van der Waals surface area contributed by atoms with Crippen LogP contribution >= 0.6 is 12.2 Å². The Hall–Kier alpha value is -4.31. The van der Waals surface area contributed by atoms with E-state index in [9.17, 15) is 0 Å². The van der Waals surface area contributed by atoms with Gasteiger partial charge in [-0.2, -0.15) is 10.2 Å². The van der Waals surface area contributed by atoms with Gasteiger partial charge in [0.05, 0.1) is 19.9 Å². The molecule has 0 aliphatic rings. The molecule has 0 saturated heterocycles. The fraction of sp³-hybridized carbons (Fsp3) is 0.125. The van der Waals surface area contributed by atoms with Gasteiger partial charge in [0.15, 0.2) is 22.3 Å². The highest BCUT2D eigenvalue weighted by molar-refractivity contribution is 7.80. The van der Waals surface area contributed by atoms with Gasteiger partial charge in [0.25, 0.3) is 0 Å². The molecular formula is C24H21N7O2S. The number of nitrogens with one attached hydrogen (secondary N) is 1. The van der Waals surface area contributed by atoms with E-state index < -0.39 is 0 Å². The van der Waals surface area contributed by atoms with E-state index in [-0.39, 0.29) is 0 Å². The first-order valence-corrected chi connectivity index (χ1v) is 10.8. The number of methoxy groups -OCH3 is 2. The van der Waals surface area contributed by atoms with E-state index >= 15 is 0 Å². The zero-order valence-corrected chi connectivity index (χ0v) is 19.6. The van der Waals surface area contributed by atoms with Crippen molar-refractivity contribution < 1.29 is 9.47 Å². The van der Waals surface area contributed by atoms with Crippen molar-refractivity contribution >= 4 is 28.7 Å². The van der Waals surface area contributed by atoms with Gasteiger partial charge in [-0.05, 0) is 55.5 Å². The normalized spacial score (nSPS) is 10.9. The second-order valence-electron chi connectivity index (χ2n) is 7.48. The van der Waals surface area contributed by atoms with Crippen molar-refractivity contribution in [3.8, 4) is 34.0 Å². The van der Waals surface area contributed by atoms with E-state index in [0.29, 0.717) is 22.3 Å². The monoisotopic (exact) mass is 471 g/mol. The molecular weight excluding hydrogens is 450 g/mol. The smallest absolute Gasteiger partial charge is 0.198 e. The Bertz CT molecular complexity index is 1510. The van der Waals surface area contributed by atoms with Crippen LogP contribution in [-0.2, 0) is 0 Å². The van der Waals surface area contributed by atoms with Crippen LogP contribution in [0.4, 0.5) is 5.69 Å². The first-order chi connectivity index (χ1) is 16.6. The third-order valence-corrected chi connectivity index (χ3v) is 5.56. The van der Waals surface area contributed by atoms with Crippen LogP contribution in [0.5, 0.6) is 11.5 Å². The van der Waals surface area contributed by atoms with Crippen molar-refractivity contribution in [2.24, 2.45) is 0 Å². The number of rotatable bonds is 5. The van der Waals surface area contributed by atoms with Gasteiger partial charge in [0.2, 0.25) is 0 Å². The highest BCUT2D eigenvalue weighted by Gasteiger charge is 2.17. The fourth-order valence-electron chi connectivity index (χ4n) is 3.62. The molecule has 0 saturated carbocycles. The van der Waals surface area contributed by atoms with Gasteiger partial charge in [0, 0.05) is 41.0 Å². The molecule has 0 bridgehead atoms. The summed E-state index contributed by atoms with van der Waals surface area (Å²) in [4.78, 5) is 8.90. The van der Waals surface area contributed by atoms with Crippen molar-refractivity contribution in [2.45, 2.75) is 6.92 Å². The standard InChI is InChI=1S/C24H21N7O2S/c1-15-5-4-6-19(27-15)23-18(16-7-10-22-25-14-26-30(22)12-16)13-31(29-23)24(34)28-17-8-9-20(32-2)21(11-17)33-3/h4-14H,1-3H3,(H,28,34). The molecule has 170 valence electrons. The topological polar surface area (TPSA) is 91.4 Å². The maximum atomic E-state index is 5.67. The third kappa shape index (κ3) is 4.06. The lowest BCUT2D eigenvalue weighted by Crippen LogP contribution is -2.19. The van der Waals surface area contributed by atoms with Crippen molar-refractivity contribution in [2.75, 3.05) is 19.5 Å². The molecule has 0 spiro atoms. The molecule has 0 aliphatic carbocycles. The SMILES string of the molecule is COc1ccc(NC(=S)n2cc(-c3ccc4ncnn4c3)c(-c3cccc(C)n3)n2)cc1OC. The summed E-state index contributed by atoms with van der Waals surface area (Å²) in [5.74, 6) is 1.24. The van der Waals surface area contributed by atoms with Crippen molar-refractivity contribution in [3.05, 3.63) is 72.9 Å². The minimum absolute atomic E-state index is 0.397. The molecule has 0 fully saturated rings. The summed E-state index contributed by atoms with van der Waals surface area (Å²) in [7, 11) is 3.19. The second kappa shape index (κ2) is 8.91. The summed E-state index contributed by atoms with van der Waals surface area (Å²) in [5.41, 5.74) is 5.65. The van der Waals surface area contributed by atoms with E-state index in [1.165, 1.54) is 6.33 Å². The van der Waals surface area contributed by atoms with E-state index in [4.69, 9.17) is 26.8 Å². The lowest BCUT2D eigenvalue weighted by atomic mass is 10.1. The lowest BCUT2D eigenvalue weighted by Gasteiger charge is -2.11. The minimum atomic E-state index is 0.397. The largest absolute Gasteiger partial charge is 0.493 e. The number of pyridine rings is 2. The highest BCUT2D eigenvalue weighted by atomic mass is 32.1. The third-order valence-electron chi connectivity index (χ3n) is 5.27. The molecule has 5 aromatic rings. The highest BCUT2D eigenvalue weighted by Crippen LogP contribution is 2.32. The zero-order valence-electron chi connectivity index (χ0n) is 18.8. The van der Waals surface area contributed by atoms with Gasteiger partial charge in [-0.3, -0.25) is 4.98 Å². The number of hydrogen-bond acceptors (Lipinski definition) is 7.